The van der Waals surface area contributed by atoms with Crippen molar-refractivity contribution in [3.05, 3.63) is 93.5 Å². The van der Waals surface area contributed by atoms with Gasteiger partial charge in [0.2, 0.25) is 0 Å². The second-order valence-electron chi connectivity index (χ2n) is 8.04. The van der Waals surface area contributed by atoms with E-state index in [0.717, 1.165) is 21.6 Å². The van der Waals surface area contributed by atoms with Gasteiger partial charge in [-0.25, -0.2) is 9.69 Å². The summed E-state index contributed by atoms with van der Waals surface area (Å²) in [7, 11) is 1.49. The lowest BCUT2D eigenvalue weighted by atomic mass is 10.0. The number of barbiturate groups is 1. The number of carbonyl (C=O) groups is 3. The summed E-state index contributed by atoms with van der Waals surface area (Å²) in [6.07, 6.45) is 1.42. The Hall–Kier alpha value is -4.10. The fourth-order valence-corrected chi connectivity index (χ4v) is 3.95. The number of urea groups is 1. The van der Waals surface area contributed by atoms with E-state index in [4.69, 9.17) is 21.1 Å². The summed E-state index contributed by atoms with van der Waals surface area (Å²) in [5.74, 6) is -0.582. The minimum absolute atomic E-state index is 0.170. The molecule has 1 fully saturated rings. The van der Waals surface area contributed by atoms with Crippen molar-refractivity contribution in [3.63, 3.8) is 0 Å². The average Bonchev–Trinajstić information content (AvgIpc) is 2.82. The van der Waals surface area contributed by atoms with Crippen molar-refractivity contribution in [2.45, 2.75) is 20.5 Å². The molecule has 4 amide bonds. The molecule has 0 saturated carbocycles. The highest BCUT2D eigenvalue weighted by atomic mass is 35.5. The first-order chi connectivity index (χ1) is 16.8. The second kappa shape index (κ2) is 10.0. The Morgan fingerprint density at radius 1 is 0.971 bits per heavy atom. The maximum Gasteiger partial charge on any atom is 0.335 e. The van der Waals surface area contributed by atoms with Gasteiger partial charge in [-0.1, -0.05) is 53.6 Å². The monoisotopic (exact) mass is 490 g/mol. The van der Waals surface area contributed by atoms with Crippen molar-refractivity contribution in [2.24, 2.45) is 0 Å². The fraction of sp³-hybridized carbons (Fsp3) is 0.148. The number of hydrogen-bond donors (Lipinski definition) is 1. The lowest BCUT2D eigenvalue weighted by Gasteiger charge is -2.27. The van der Waals surface area contributed by atoms with E-state index in [9.17, 15) is 14.4 Å². The Morgan fingerprint density at radius 2 is 1.74 bits per heavy atom. The molecule has 8 heteroatoms. The third-order valence-electron chi connectivity index (χ3n) is 5.53. The van der Waals surface area contributed by atoms with Crippen molar-refractivity contribution in [1.29, 1.82) is 0 Å². The zero-order chi connectivity index (χ0) is 25.1. The van der Waals surface area contributed by atoms with Crippen molar-refractivity contribution in [1.82, 2.24) is 5.32 Å². The van der Waals surface area contributed by atoms with Gasteiger partial charge in [-0.05, 0) is 55.3 Å². The van der Waals surface area contributed by atoms with E-state index in [2.05, 4.69) is 5.32 Å². The molecule has 178 valence electrons. The molecule has 0 atom stereocenters. The van der Waals surface area contributed by atoms with E-state index >= 15 is 0 Å². The molecule has 35 heavy (non-hydrogen) atoms. The fourth-order valence-electron chi connectivity index (χ4n) is 3.76. The molecule has 1 aliphatic rings. The van der Waals surface area contributed by atoms with E-state index in [0.29, 0.717) is 27.8 Å². The number of nitrogens with one attached hydrogen (secondary N) is 1. The number of imide groups is 2. The highest BCUT2D eigenvalue weighted by Gasteiger charge is 2.37. The van der Waals surface area contributed by atoms with Gasteiger partial charge in [0.25, 0.3) is 11.8 Å². The van der Waals surface area contributed by atoms with Gasteiger partial charge in [-0.2, -0.15) is 0 Å². The molecule has 7 nitrogen and oxygen atoms in total. The third kappa shape index (κ3) is 5.05. The van der Waals surface area contributed by atoms with Crippen LogP contribution in [0, 0.1) is 13.8 Å². The molecular weight excluding hydrogens is 468 g/mol. The molecule has 0 spiro atoms. The van der Waals surface area contributed by atoms with Crippen LogP contribution in [0.25, 0.3) is 6.08 Å². The summed E-state index contributed by atoms with van der Waals surface area (Å²) in [6, 6.07) is 16.9. The summed E-state index contributed by atoms with van der Waals surface area (Å²) < 4.78 is 11.3. The zero-order valence-corrected chi connectivity index (χ0v) is 20.2. The number of hydrogen-bond acceptors (Lipinski definition) is 5. The van der Waals surface area contributed by atoms with Gasteiger partial charge in [-0.3, -0.25) is 14.9 Å². The molecule has 4 rings (SSSR count). The first-order valence-electron chi connectivity index (χ1n) is 10.8. The minimum Gasteiger partial charge on any atom is -0.493 e. The van der Waals surface area contributed by atoms with Gasteiger partial charge in [0.1, 0.15) is 12.2 Å². The van der Waals surface area contributed by atoms with Gasteiger partial charge >= 0.3 is 6.03 Å². The first-order valence-corrected chi connectivity index (χ1v) is 11.2. The predicted octanol–water partition coefficient (Wildman–Crippen LogP) is 5.21. The summed E-state index contributed by atoms with van der Waals surface area (Å²) >= 11 is 6.19. The van der Waals surface area contributed by atoms with Crippen LogP contribution in [0.15, 0.2) is 66.2 Å². The van der Waals surface area contributed by atoms with E-state index < -0.39 is 17.8 Å². The number of aryl methyl sites for hydroxylation is 2. The zero-order valence-electron chi connectivity index (χ0n) is 19.4. The molecule has 3 aromatic carbocycles. The molecule has 0 unspecified atom stereocenters. The number of methoxy groups -OCH3 is 1. The van der Waals surface area contributed by atoms with Gasteiger partial charge in [-0.15, -0.1) is 0 Å². The largest absolute Gasteiger partial charge is 0.493 e. The number of benzene rings is 3. The van der Waals surface area contributed by atoms with Crippen molar-refractivity contribution in [3.8, 4) is 11.5 Å². The van der Waals surface area contributed by atoms with Crippen LogP contribution < -0.4 is 19.7 Å². The standard InChI is InChI=1S/C27H23ClN2O5/c1-16-8-10-22(17(2)12-16)30-26(32)20(25(31)29-27(30)33)13-18-9-11-23(24(14-18)34-3)35-15-19-6-4-5-7-21(19)28/h4-14H,15H2,1-3H3,(H,29,31,33)/b20-13+. The molecule has 0 aromatic heterocycles. The summed E-state index contributed by atoms with van der Waals surface area (Å²) in [4.78, 5) is 39.2. The van der Waals surface area contributed by atoms with Gasteiger partial charge < -0.3 is 9.47 Å². The lowest BCUT2D eigenvalue weighted by molar-refractivity contribution is -0.122. The molecule has 0 bridgehead atoms. The van der Waals surface area contributed by atoms with E-state index in [1.165, 1.54) is 13.2 Å². The smallest absolute Gasteiger partial charge is 0.335 e. The second-order valence-corrected chi connectivity index (χ2v) is 8.45. The average molecular weight is 491 g/mol. The van der Waals surface area contributed by atoms with E-state index in [1.54, 1.807) is 43.3 Å². The summed E-state index contributed by atoms with van der Waals surface area (Å²) in [5, 5.41) is 2.84. The summed E-state index contributed by atoms with van der Waals surface area (Å²) in [6.45, 7) is 3.96. The van der Waals surface area contributed by atoms with Crippen molar-refractivity contribution in [2.75, 3.05) is 12.0 Å². The number of ether oxygens (including phenoxy) is 2. The number of carbonyl (C=O) groups excluding carboxylic acids is 3. The molecule has 0 radical (unpaired) electrons. The third-order valence-corrected chi connectivity index (χ3v) is 5.90. The van der Waals surface area contributed by atoms with Gasteiger partial charge in [0.05, 0.1) is 12.8 Å². The lowest BCUT2D eigenvalue weighted by Crippen LogP contribution is -2.54. The van der Waals surface area contributed by atoms with Crippen LogP contribution in [0.1, 0.15) is 22.3 Å². The van der Waals surface area contributed by atoms with Crippen LogP contribution >= 0.6 is 11.6 Å². The van der Waals surface area contributed by atoms with E-state index in [1.807, 2.05) is 31.2 Å². The first kappa shape index (κ1) is 24.0. The van der Waals surface area contributed by atoms with Crippen LogP contribution in [0.3, 0.4) is 0 Å². The normalized spacial score (nSPS) is 14.8. The Labute approximate surface area is 207 Å². The Kier molecular flexibility index (Phi) is 6.89. The Balaban J connectivity index is 1.62. The maximum atomic E-state index is 13.2. The quantitative estimate of drug-likeness (QED) is 0.378. The molecular formula is C27H23ClN2O5. The number of anilines is 1. The van der Waals surface area contributed by atoms with Crippen LogP contribution in [-0.2, 0) is 16.2 Å². The topological polar surface area (TPSA) is 84.9 Å². The number of nitrogens with zero attached hydrogens (tertiary/aromatic N) is 1. The predicted molar refractivity (Wildman–Crippen MR) is 134 cm³/mol. The van der Waals surface area contributed by atoms with Crippen LogP contribution in [0.2, 0.25) is 5.02 Å². The molecule has 0 aliphatic carbocycles. The number of amides is 4. The summed E-state index contributed by atoms with van der Waals surface area (Å²) in [5.41, 5.74) is 3.33. The Bertz CT molecular complexity index is 1370. The highest BCUT2D eigenvalue weighted by molar-refractivity contribution is 6.39. The number of rotatable bonds is 6. The van der Waals surface area contributed by atoms with Crippen molar-refractivity contribution >= 4 is 41.2 Å². The molecule has 1 N–H and O–H groups in total. The van der Waals surface area contributed by atoms with Crippen LogP contribution in [0.4, 0.5) is 10.5 Å². The van der Waals surface area contributed by atoms with Gasteiger partial charge in [0, 0.05) is 10.6 Å². The van der Waals surface area contributed by atoms with Crippen LogP contribution in [-0.4, -0.2) is 25.0 Å². The molecule has 3 aromatic rings. The Morgan fingerprint density at radius 3 is 2.46 bits per heavy atom. The van der Waals surface area contributed by atoms with E-state index in [-0.39, 0.29) is 12.2 Å². The minimum atomic E-state index is -0.787. The molecule has 1 aliphatic heterocycles. The SMILES string of the molecule is COc1cc(/C=C2\C(=O)NC(=O)N(c3ccc(C)cc3C)C2=O)ccc1OCc1ccccc1Cl. The van der Waals surface area contributed by atoms with Crippen LogP contribution in [0.5, 0.6) is 11.5 Å². The molecule has 1 heterocycles. The maximum absolute atomic E-state index is 13.2. The van der Waals surface area contributed by atoms with Crippen molar-refractivity contribution < 1.29 is 23.9 Å². The molecule has 1 saturated heterocycles. The number of halogens is 1. The highest BCUT2D eigenvalue weighted by Crippen LogP contribution is 2.31. The van der Waals surface area contributed by atoms with Gasteiger partial charge in [0.15, 0.2) is 11.5 Å².